The lowest BCUT2D eigenvalue weighted by Crippen LogP contribution is -2.10. The molecule has 0 aliphatic carbocycles. The highest BCUT2D eigenvalue weighted by Crippen LogP contribution is 2.40. The summed E-state index contributed by atoms with van der Waals surface area (Å²) < 4.78 is 17.9. The molecule has 0 atom stereocenters. The molecule has 0 spiro atoms. The maximum absolute atomic E-state index is 11.3. The summed E-state index contributed by atoms with van der Waals surface area (Å²) in [6.07, 6.45) is 1.50. The van der Waals surface area contributed by atoms with Crippen LogP contribution in [0.1, 0.15) is 12.5 Å². The fourth-order valence-electron chi connectivity index (χ4n) is 2.85. The molecule has 166 valence electrons. The molecule has 0 saturated carbocycles. The zero-order valence-corrected chi connectivity index (χ0v) is 20.7. The number of halogens is 2. The molecule has 3 aromatic carbocycles. The Morgan fingerprint density at radius 2 is 1.75 bits per heavy atom. The molecule has 0 heterocycles. The first kappa shape index (κ1) is 23.8. The molecule has 0 unspecified atom stereocenters. The van der Waals surface area contributed by atoms with Gasteiger partial charge in [-0.15, -0.1) is 0 Å². The fourth-order valence-corrected chi connectivity index (χ4v) is 4.24. The number of rotatable bonds is 9. The van der Waals surface area contributed by atoms with Gasteiger partial charge in [-0.1, -0.05) is 35.5 Å². The predicted molar refractivity (Wildman–Crippen MR) is 131 cm³/mol. The Morgan fingerprint density at radius 1 is 1.03 bits per heavy atom. The molecule has 0 amide bonds. The van der Waals surface area contributed by atoms with Crippen molar-refractivity contribution in [1.29, 1.82) is 0 Å². The number of hydrogen-bond acceptors (Lipinski definition) is 6. The Bertz CT molecular complexity index is 1080. The molecule has 32 heavy (non-hydrogen) atoms. The Morgan fingerprint density at radius 3 is 2.41 bits per heavy atom. The number of ether oxygens (including phenoxy) is 3. The van der Waals surface area contributed by atoms with Gasteiger partial charge in [0.25, 0.3) is 0 Å². The molecule has 0 aliphatic heterocycles. The van der Waals surface area contributed by atoms with E-state index >= 15 is 0 Å². The van der Waals surface area contributed by atoms with E-state index in [4.69, 9.17) is 19.0 Å². The van der Waals surface area contributed by atoms with Crippen molar-refractivity contribution in [3.05, 3.63) is 75.2 Å². The highest BCUT2D eigenvalue weighted by Gasteiger charge is 2.13. The Balaban J connectivity index is 1.77. The summed E-state index contributed by atoms with van der Waals surface area (Å²) in [5.74, 6) is 1.56. The normalized spacial score (nSPS) is 10.8. The maximum atomic E-state index is 11.3. The van der Waals surface area contributed by atoms with E-state index in [0.29, 0.717) is 18.1 Å². The second-order valence-electron chi connectivity index (χ2n) is 6.46. The van der Waals surface area contributed by atoms with Crippen LogP contribution in [0.4, 0.5) is 0 Å². The summed E-state index contributed by atoms with van der Waals surface area (Å²) in [6, 6.07) is 19.3. The third-order valence-corrected chi connectivity index (χ3v) is 5.44. The molecule has 0 radical (unpaired) electrons. The van der Waals surface area contributed by atoms with Crippen LogP contribution in [0.15, 0.2) is 74.8 Å². The summed E-state index contributed by atoms with van der Waals surface area (Å²) in [4.78, 5) is 16.2. The third kappa shape index (κ3) is 6.34. The molecule has 3 aromatic rings. The molecule has 0 aromatic heterocycles. The van der Waals surface area contributed by atoms with Gasteiger partial charge in [-0.3, -0.25) is 0 Å². The van der Waals surface area contributed by atoms with Gasteiger partial charge in [0, 0.05) is 5.56 Å². The van der Waals surface area contributed by atoms with Crippen LogP contribution in [0.25, 0.3) is 11.1 Å². The van der Waals surface area contributed by atoms with Crippen molar-refractivity contribution in [3.8, 4) is 28.4 Å². The molecule has 6 nitrogen and oxygen atoms in total. The monoisotopic (exact) mass is 561 g/mol. The van der Waals surface area contributed by atoms with Gasteiger partial charge in [0.15, 0.2) is 5.75 Å². The van der Waals surface area contributed by atoms with Crippen LogP contribution in [0.5, 0.6) is 17.2 Å². The van der Waals surface area contributed by atoms with Gasteiger partial charge in [-0.05, 0) is 80.2 Å². The van der Waals surface area contributed by atoms with Crippen molar-refractivity contribution in [2.24, 2.45) is 5.16 Å². The van der Waals surface area contributed by atoms with Crippen molar-refractivity contribution in [2.75, 3.05) is 20.3 Å². The molecule has 0 saturated heterocycles. The minimum Gasteiger partial charge on any atom is -0.496 e. The van der Waals surface area contributed by atoms with E-state index < -0.39 is 5.97 Å². The first-order valence-corrected chi connectivity index (χ1v) is 11.3. The van der Waals surface area contributed by atoms with Gasteiger partial charge < -0.3 is 19.0 Å². The van der Waals surface area contributed by atoms with Crippen LogP contribution in [-0.4, -0.2) is 32.5 Å². The minimum atomic E-state index is -0.467. The smallest absolute Gasteiger partial charge is 0.347 e. The van der Waals surface area contributed by atoms with Gasteiger partial charge in [0.1, 0.15) is 11.5 Å². The molecule has 0 bridgehead atoms. The first-order valence-electron chi connectivity index (χ1n) is 9.73. The number of hydrogen-bond donors (Lipinski definition) is 0. The van der Waals surface area contributed by atoms with Crippen LogP contribution in [0, 0.1) is 0 Å². The van der Waals surface area contributed by atoms with Gasteiger partial charge in [-0.2, -0.15) is 0 Å². The average Bonchev–Trinajstić information content (AvgIpc) is 2.80. The lowest BCUT2D eigenvalue weighted by Gasteiger charge is -2.14. The van der Waals surface area contributed by atoms with Crippen molar-refractivity contribution < 1.29 is 23.8 Å². The highest BCUT2D eigenvalue weighted by atomic mass is 79.9. The van der Waals surface area contributed by atoms with E-state index in [1.165, 1.54) is 6.21 Å². The van der Waals surface area contributed by atoms with Crippen molar-refractivity contribution in [3.63, 3.8) is 0 Å². The summed E-state index contributed by atoms with van der Waals surface area (Å²) in [5, 5.41) is 3.80. The predicted octanol–water partition coefficient (Wildman–Crippen LogP) is 6.59. The van der Waals surface area contributed by atoms with Crippen molar-refractivity contribution in [1.82, 2.24) is 0 Å². The Hall–Kier alpha value is -2.84. The molecule has 0 fully saturated rings. The molecule has 8 heteroatoms. The SMILES string of the molecule is CCOC(=O)CON=Cc1cc(Br)c(Oc2ccc(OC)c(-c3ccccc3)c2)c(Br)c1. The summed E-state index contributed by atoms with van der Waals surface area (Å²) in [6.45, 7) is 1.79. The molecular formula is C24H21Br2NO5. The number of benzene rings is 3. The topological polar surface area (TPSA) is 66.4 Å². The Labute approximate surface area is 203 Å². The average molecular weight is 563 g/mol. The number of nitrogens with zero attached hydrogens (tertiary/aromatic N) is 1. The van der Waals surface area contributed by atoms with Gasteiger partial charge >= 0.3 is 5.97 Å². The fraction of sp³-hybridized carbons (Fsp3) is 0.167. The van der Waals surface area contributed by atoms with Crippen LogP contribution in [0.2, 0.25) is 0 Å². The van der Waals surface area contributed by atoms with Gasteiger partial charge in [-0.25, -0.2) is 4.79 Å². The van der Waals surface area contributed by atoms with Crippen molar-refractivity contribution >= 4 is 44.0 Å². The van der Waals surface area contributed by atoms with Crippen LogP contribution in [-0.2, 0) is 14.4 Å². The third-order valence-electron chi connectivity index (χ3n) is 4.26. The lowest BCUT2D eigenvalue weighted by atomic mass is 10.0. The second-order valence-corrected chi connectivity index (χ2v) is 8.17. The number of esters is 1. The number of carbonyl (C=O) groups excluding carboxylic acids is 1. The second kappa shape index (κ2) is 11.7. The van der Waals surface area contributed by atoms with Crippen LogP contribution in [0.3, 0.4) is 0 Å². The van der Waals surface area contributed by atoms with E-state index in [-0.39, 0.29) is 6.61 Å². The van der Waals surface area contributed by atoms with Gasteiger partial charge in [0.2, 0.25) is 6.61 Å². The highest BCUT2D eigenvalue weighted by molar-refractivity contribution is 9.11. The number of carbonyl (C=O) groups is 1. The molecular weight excluding hydrogens is 542 g/mol. The number of methoxy groups -OCH3 is 1. The van der Waals surface area contributed by atoms with E-state index in [1.807, 2.05) is 60.7 Å². The molecule has 0 N–H and O–H groups in total. The van der Waals surface area contributed by atoms with E-state index in [1.54, 1.807) is 14.0 Å². The molecule has 0 aliphatic rings. The first-order chi connectivity index (χ1) is 15.5. The van der Waals surface area contributed by atoms with Crippen LogP contribution < -0.4 is 9.47 Å². The molecule has 3 rings (SSSR count). The minimum absolute atomic E-state index is 0.241. The van der Waals surface area contributed by atoms with Crippen LogP contribution >= 0.6 is 31.9 Å². The quantitative estimate of drug-likeness (QED) is 0.167. The van der Waals surface area contributed by atoms with E-state index in [0.717, 1.165) is 31.4 Å². The summed E-state index contributed by atoms with van der Waals surface area (Å²) in [5.41, 5.74) is 2.71. The van der Waals surface area contributed by atoms with Crippen molar-refractivity contribution in [2.45, 2.75) is 6.92 Å². The largest absolute Gasteiger partial charge is 0.496 e. The van der Waals surface area contributed by atoms with E-state index in [2.05, 4.69) is 37.0 Å². The van der Waals surface area contributed by atoms with Gasteiger partial charge in [0.05, 0.1) is 28.9 Å². The Kier molecular flexibility index (Phi) is 8.70. The zero-order valence-electron chi connectivity index (χ0n) is 17.5. The zero-order chi connectivity index (χ0) is 22.9. The summed E-state index contributed by atoms with van der Waals surface area (Å²) in [7, 11) is 1.65. The summed E-state index contributed by atoms with van der Waals surface area (Å²) >= 11 is 7.09. The lowest BCUT2D eigenvalue weighted by molar-refractivity contribution is -0.148. The number of oxime groups is 1. The maximum Gasteiger partial charge on any atom is 0.347 e. The van der Waals surface area contributed by atoms with E-state index in [9.17, 15) is 4.79 Å². The standard InChI is InChI=1S/C24H21Br2NO5/c1-3-30-23(28)15-31-27-14-16-11-20(25)24(21(26)12-16)32-18-9-10-22(29-2)19(13-18)17-7-5-4-6-8-17/h4-14H,3,15H2,1-2H3.